The van der Waals surface area contributed by atoms with Gasteiger partial charge in [0.25, 0.3) is 0 Å². The van der Waals surface area contributed by atoms with Crippen LogP contribution in [0.25, 0.3) is 11.1 Å². The van der Waals surface area contributed by atoms with E-state index >= 15 is 0 Å². The van der Waals surface area contributed by atoms with Crippen molar-refractivity contribution >= 4 is 31.9 Å². The summed E-state index contributed by atoms with van der Waals surface area (Å²) in [4.78, 5) is 0. The van der Waals surface area contributed by atoms with Crippen LogP contribution < -0.4 is 68.6 Å². The molecule has 14 heteroatoms. The number of benzene rings is 2. The van der Waals surface area contributed by atoms with Crippen molar-refractivity contribution in [2.45, 2.75) is 39.5 Å². The Morgan fingerprint density at radius 3 is 1.18 bits per heavy atom. The molecule has 0 heterocycles. The van der Waals surface area contributed by atoms with E-state index in [-0.39, 0.29) is 98.4 Å². The summed E-state index contributed by atoms with van der Waals surface area (Å²) in [5, 5.41) is 0. The SMILES string of the molecule is CC/C(=C(/CC)c1ccc(OCCCOS(=O)(=O)[O-])cc1)c1ccc(OCCCOS(=O)(=O)[O-])cc1.[Na+].[Na+]. The van der Waals surface area contributed by atoms with E-state index in [0.717, 1.165) is 24.0 Å². The molecule has 2 aromatic carbocycles. The topological polar surface area (TPSA) is 151 Å². The van der Waals surface area contributed by atoms with Crippen molar-refractivity contribution in [3.8, 4) is 11.5 Å². The van der Waals surface area contributed by atoms with Gasteiger partial charge in [-0.2, -0.15) is 0 Å². The molecule has 200 valence electrons. The van der Waals surface area contributed by atoms with Crippen molar-refractivity contribution in [3.05, 3.63) is 59.7 Å². The van der Waals surface area contributed by atoms with E-state index in [1.54, 1.807) is 0 Å². The molecule has 0 aromatic heterocycles. The standard InChI is InChI=1S/C24H32O10S2.2Na/c1-3-23(19-7-11-21(12-8-19)31-15-5-17-33-35(25,26)27)24(4-2)20-9-13-22(14-10-20)32-16-6-18-34-36(28,29)30;;/h7-14H,3-6,15-18H2,1-2H3,(H,25,26,27)(H,28,29,30);;/q;2*+1/p-2/b24-23+;;. The fraction of sp³-hybridized carbons (Fsp3) is 0.417. The minimum Gasteiger partial charge on any atom is -0.726 e. The molecule has 0 bridgehead atoms. The first-order valence-corrected chi connectivity index (χ1v) is 14.1. The molecule has 0 N–H and O–H groups in total. The Bertz CT molecular complexity index is 1100. The maximum atomic E-state index is 10.4. The number of hydrogen-bond donors (Lipinski definition) is 0. The summed E-state index contributed by atoms with van der Waals surface area (Å²) in [5.41, 5.74) is 4.47. The minimum absolute atomic E-state index is 0. The molecule has 0 saturated heterocycles. The van der Waals surface area contributed by atoms with Crippen LogP contribution in [0.1, 0.15) is 50.7 Å². The van der Waals surface area contributed by atoms with Gasteiger partial charge in [0.15, 0.2) is 0 Å². The summed E-state index contributed by atoms with van der Waals surface area (Å²) >= 11 is 0. The van der Waals surface area contributed by atoms with E-state index in [4.69, 9.17) is 9.47 Å². The van der Waals surface area contributed by atoms with Gasteiger partial charge in [-0.25, -0.2) is 16.8 Å². The first-order chi connectivity index (χ1) is 17.0. The Hall–Kier alpha value is -0.480. The molecule has 0 aliphatic rings. The maximum absolute atomic E-state index is 10.4. The quantitative estimate of drug-likeness (QED) is 0.0702. The first-order valence-electron chi connectivity index (χ1n) is 11.4. The molecule has 0 amide bonds. The van der Waals surface area contributed by atoms with Gasteiger partial charge < -0.3 is 18.6 Å². The number of ether oxygens (including phenoxy) is 2. The van der Waals surface area contributed by atoms with Crippen LogP contribution in [0.2, 0.25) is 0 Å². The Morgan fingerprint density at radius 2 is 0.921 bits per heavy atom. The van der Waals surface area contributed by atoms with Crippen molar-refractivity contribution in [3.63, 3.8) is 0 Å². The fourth-order valence-corrected chi connectivity index (χ4v) is 4.15. The average molecular weight is 589 g/mol. The van der Waals surface area contributed by atoms with Crippen molar-refractivity contribution < 1.29 is 103 Å². The smallest absolute Gasteiger partial charge is 0.726 e. The molecule has 0 radical (unpaired) electrons. The summed E-state index contributed by atoms with van der Waals surface area (Å²) in [6, 6.07) is 15.2. The van der Waals surface area contributed by atoms with Gasteiger partial charge in [0.05, 0.1) is 26.4 Å². The van der Waals surface area contributed by atoms with Crippen LogP contribution in [0.3, 0.4) is 0 Å². The van der Waals surface area contributed by atoms with Crippen LogP contribution in [0, 0.1) is 0 Å². The van der Waals surface area contributed by atoms with Gasteiger partial charge in [0.2, 0.25) is 20.8 Å². The number of rotatable bonds is 16. The van der Waals surface area contributed by atoms with Crippen LogP contribution in [-0.4, -0.2) is 52.4 Å². The third-order valence-corrected chi connectivity index (χ3v) is 5.96. The van der Waals surface area contributed by atoms with Crippen LogP contribution in [-0.2, 0) is 29.2 Å². The third kappa shape index (κ3) is 14.8. The van der Waals surface area contributed by atoms with Gasteiger partial charge >= 0.3 is 59.1 Å². The molecule has 0 aliphatic heterocycles. The van der Waals surface area contributed by atoms with Gasteiger partial charge in [-0.1, -0.05) is 38.1 Å². The van der Waals surface area contributed by atoms with Gasteiger partial charge in [-0.15, -0.1) is 0 Å². The molecule has 0 fully saturated rings. The molecule has 38 heavy (non-hydrogen) atoms. The zero-order valence-corrected chi connectivity index (χ0v) is 27.8. The molecule has 0 unspecified atom stereocenters. The molecular weight excluding hydrogens is 558 g/mol. The normalized spacial score (nSPS) is 12.1. The van der Waals surface area contributed by atoms with Crippen molar-refractivity contribution in [1.29, 1.82) is 0 Å². The van der Waals surface area contributed by atoms with E-state index < -0.39 is 20.8 Å². The van der Waals surface area contributed by atoms with Crippen molar-refractivity contribution in [2.75, 3.05) is 26.4 Å². The Balaban J connectivity index is 0.00000684. The molecule has 0 spiro atoms. The predicted molar refractivity (Wildman–Crippen MR) is 132 cm³/mol. The van der Waals surface area contributed by atoms with E-state index in [1.165, 1.54) is 11.1 Å². The predicted octanol–water partition coefficient (Wildman–Crippen LogP) is -2.08. The van der Waals surface area contributed by atoms with Crippen LogP contribution in [0.5, 0.6) is 11.5 Å². The minimum atomic E-state index is -4.68. The van der Waals surface area contributed by atoms with Gasteiger partial charge in [0, 0.05) is 12.8 Å². The maximum Gasteiger partial charge on any atom is 1.00 e. The van der Waals surface area contributed by atoms with Crippen LogP contribution in [0.15, 0.2) is 48.5 Å². The van der Waals surface area contributed by atoms with E-state index in [0.29, 0.717) is 11.5 Å². The Kier molecular flexibility index (Phi) is 18.6. The van der Waals surface area contributed by atoms with E-state index in [9.17, 15) is 25.9 Å². The summed E-state index contributed by atoms with van der Waals surface area (Å²) in [6.45, 7) is 4.14. The molecular formula is C24H30Na2O10S2. The van der Waals surface area contributed by atoms with Crippen molar-refractivity contribution in [1.82, 2.24) is 0 Å². The zero-order chi connectivity index (χ0) is 26.6. The largest absolute Gasteiger partial charge is 1.00 e. The second-order valence-electron chi connectivity index (χ2n) is 7.58. The van der Waals surface area contributed by atoms with E-state index in [2.05, 4.69) is 22.2 Å². The molecule has 0 atom stereocenters. The Labute approximate surface area is 269 Å². The number of hydrogen-bond acceptors (Lipinski definition) is 10. The summed E-state index contributed by atoms with van der Waals surface area (Å²) in [7, 11) is -9.37. The monoisotopic (exact) mass is 588 g/mol. The van der Waals surface area contributed by atoms with Crippen LogP contribution >= 0.6 is 0 Å². The second kappa shape index (κ2) is 18.8. The summed E-state index contributed by atoms with van der Waals surface area (Å²) < 4.78 is 82.0. The van der Waals surface area contributed by atoms with Crippen molar-refractivity contribution in [2.24, 2.45) is 0 Å². The average Bonchev–Trinajstić information content (AvgIpc) is 2.82. The third-order valence-electron chi connectivity index (χ3n) is 5.05. The second-order valence-corrected chi connectivity index (χ2v) is 9.68. The Morgan fingerprint density at radius 1 is 0.605 bits per heavy atom. The molecule has 2 rings (SSSR count). The summed E-state index contributed by atoms with van der Waals surface area (Å²) in [6.07, 6.45) is 2.15. The fourth-order valence-electron chi connectivity index (χ4n) is 3.51. The van der Waals surface area contributed by atoms with Gasteiger partial charge in [0.1, 0.15) is 11.5 Å². The number of allylic oxidation sites excluding steroid dienone is 2. The van der Waals surface area contributed by atoms with Gasteiger partial charge in [-0.3, -0.25) is 8.37 Å². The molecule has 0 aliphatic carbocycles. The zero-order valence-electron chi connectivity index (χ0n) is 22.2. The first kappa shape index (κ1) is 37.5. The summed E-state index contributed by atoms with van der Waals surface area (Å²) in [5.74, 6) is 1.24. The van der Waals surface area contributed by atoms with E-state index in [1.807, 2.05) is 48.5 Å². The molecule has 10 nitrogen and oxygen atoms in total. The van der Waals surface area contributed by atoms with Crippen LogP contribution in [0.4, 0.5) is 0 Å². The molecule has 2 aromatic rings. The molecule has 0 saturated carbocycles. The van der Waals surface area contributed by atoms with Gasteiger partial charge in [-0.05, 0) is 59.4 Å².